The summed E-state index contributed by atoms with van der Waals surface area (Å²) in [6, 6.07) is 0. The smallest absolute Gasteiger partial charge is 0.0577 e. The topological polar surface area (TPSA) is 9.23 Å². The maximum atomic E-state index is 5.47. The van der Waals surface area contributed by atoms with Crippen molar-refractivity contribution < 1.29 is 4.74 Å². The summed E-state index contributed by atoms with van der Waals surface area (Å²) >= 11 is 0. The molecule has 0 aromatic heterocycles. The van der Waals surface area contributed by atoms with Gasteiger partial charge in [-0.25, -0.2) is 0 Å². The van der Waals surface area contributed by atoms with E-state index in [-0.39, 0.29) is 0 Å². The zero-order chi connectivity index (χ0) is 6.69. The highest BCUT2D eigenvalue weighted by molar-refractivity contribution is 4.72. The average Bonchev–Trinajstić information content (AvgIpc) is 2.17. The molecule has 0 N–H and O–H groups in total. The molecular formula is C8H16O. The van der Waals surface area contributed by atoms with Crippen molar-refractivity contribution in [2.75, 3.05) is 6.61 Å². The fourth-order valence-corrected chi connectivity index (χ4v) is 1.54. The standard InChI is InChI=1S/C8H16O/c1-3-9-8-5-4-7(2)6-8/h7-8H,3-6H2,1-2H3/t7-,8-/m1/s1. The highest BCUT2D eigenvalue weighted by Gasteiger charge is 2.20. The normalized spacial score (nSPS) is 35.3. The molecule has 2 atom stereocenters. The van der Waals surface area contributed by atoms with Gasteiger partial charge < -0.3 is 4.74 Å². The Kier molecular flexibility index (Phi) is 2.52. The first-order valence-corrected chi connectivity index (χ1v) is 3.94. The molecular weight excluding hydrogens is 112 g/mol. The van der Waals surface area contributed by atoms with Crippen molar-refractivity contribution >= 4 is 0 Å². The molecule has 9 heavy (non-hydrogen) atoms. The molecule has 0 amide bonds. The molecule has 0 saturated heterocycles. The molecule has 1 aliphatic rings. The molecule has 0 radical (unpaired) electrons. The first-order chi connectivity index (χ1) is 4.33. The van der Waals surface area contributed by atoms with Gasteiger partial charge in [-0.05, 0) is 32.1 Å². The third kappa shape index (κ3) is 1.98. The zero-order valence-corrected chi connectivity index (χ0v) is 6.39. The maximum absolute atomic E-state index is 5.47. The molecule has 1 aliphatic carbocycles. The van der Waals surface area contributed by atoms with Crippen LogP contribution in [-0.4, -0.2) is 12.7 Å². The summed E-state index contributed by atoms with van der Waals surface area (Å²) in [6.07, 6.45) is 4.53. The minimum absolute atomic E-state index is 0.588. The molecule has 1 rings (SSSR count). The summed E-state index contributed by atoms with van der Waals surface area (Å²) in [6.45, 7) is 5.26. The van der Waals surface area contributed by atoms with Crippen LogP contribution in [0.25, 0.3) is 0 Å². The van der Waals surface area contributed by atoms with Crippen LogP contribution in [0.2, 0.25) is 0 Å². The van der Waals surface area contributed by atoms with E-state index in [1.807, 2.05) is 0 Å². The molecule has 1 saturated carbocycles. The molecule has 0 spiro atoms. The molecule has 0 aromatic rings. The van der Waals surface area contributed by atoms with Gasteiger partial charge in [-0.15, -0.1) is 0 Å². The van der Waals surface area contributed by atoms with E-state index >= 15 is 0 Å². The van der Waals surface area contributed by atoms with E-state index < -0.39 is 0 Å². The molecule has 54 valence electrons. The number of hydrogen-bond acceptors (Lipinski definition) is 1. The Balaban J connectivity index is 2.14. The fourth-order valence-electron chi connectivity index (χ4n) is 1.54. The predicted octanol–water partition coefficient (Wildman–Crippen LogP) is 2.21. The zero-order valence-electron chi connectivity index (χ0n) is 6.39. The van der Waals surface area contributed by atoms with Gasteiger partial charge in [0.05, 0.1) is 6.10 Å². The summed E-state index contributed by atoms with van der Waals surface area (Å²) in [5, 5.41) is 0. The Bertz CT molecular complexity index is 78.6. The second-order valence-electron chi connectivity index (χ2n) is 3.00. The third-order valence-electron chi connectivity index (χ3n) is 2.05. The highest BCUT2D eigenvalue weighted by atomic mass is 16.5. The van der Waals surface area contributed by atoms with Crippen molar-refractivity contribution in [2.24, 2.45) is 5.92 Å². The van der Waals surface area contributed by atoms with Crippen LogP contribution in [0.4, 0.5) is 0 Å². The second-order valence-corrected chi connectivity index (χ2v) is 3.00. The molecule has 0 heterocycles. The predicted molar refractivity (Wildman–Crippen MR) is 38.4 cm³/mol. The van der Waals surface area contributed by atoms with E-state index in [1.165, 1.54) is 19.3 Å². The van der Waals surface area contributed by atoms with Crippen LogP contribution >= 0.6 is 0 Å². The summed E-state index contributed by atoms with van der Waals surface area (Å²) in [7, 11) is 0. The van der Waals surface area contributed by atoms with Crippen LogP contribution in [0.3, 0.4) is 0 Å². The van der Waals surface area contributed by atoms with E-state index in [2.05, 4.69) is 13.8 Å². The van der Waals surface area contributed by atoms with Crippen molar-refractivity contribution in [2.45, 2.75) is 39.2 Å². The van der Waals surface area contributed by atoms with Gasteiger partial charge >= 0.3 is 0 Å². The Labute approximate surface area is 57.4 Å². The van der Waals surface area contributed by atoms with Crippen LogP contribution in [0.1, 0.15) is 33.1 Å². The Morgan fingerprint density at radius 3 is 2.67 bits per heavy atom. The first kappa shape index (κ1) is 7.07. The lowest BCUT2D eigenvalue weighted by molar-refractivity contribution is 0.0660. The summed E-state index contributed by atoms with van der Waals surface area (Å²) in [4.78, 5) is 0. The number of rotatable bonds is 2. The quantitative estimate of drug-likeness (QED) is 0.554. The Morgan fingerprint density at radius 2 is 2.22 bits per heavy atom. The van der Waals surface area contributed by atoms with Crippen LogP contribution in [0, 0.1) is 5.92 Å². The fraction of sp³-hybridized carbons (Fsp3) is 1.00. The van der Waals surface area contributed by atoms with E-state index in [1.54, 1.807) is 0 Å². The summed E-state index contributed by atoms with van der Waals surface area (Å²) < 4.78 is 5.47. The lowest BCUT2D eigenvalue weighted by Gasteiger charge is -2.07. The van der Waals surface area contributed by atoms with Crippen molar-refractivity contribution in [3.05, 3.63) is 0 Å². The van der Waals surface area contributed by atoms with Gasteiger partial charge in [-0.2, -0.15) is 0 Å². The number of hydrogen-bond donors (Lipinski definition) is 0. The lowest BCUT2D eigenvalue weighted by Crippen LogP contribution is -2.07. The van der Waals surface area contributed by atoms with E-state index in [0.29, 0.717) is 6.10 Å². The largest absolute Gasteiger partial charge is 0.378 e. The molecule has 1 nitrogen and oxygen atoms in total. The van der Waals surface area contributed by atoms with Crippen LogP contribution in [0.15, 0.2) is 0 Å². The van der Waals surface area contributed by atoms with Gasteiger partial charge in [0.15, 0.2) is 0 Å². The van der Waals surface area contributed by atoms with E-state index in [0.717, 1.165) is 12.5 Å². The van der Waals surface area contributed by atoms with Crippen molar-refractivity contribution in [3.8, 4) is 0 Å². The monoisotopic (exact) mass is 128 g/mol. The van der Waals surface area contributed by atoms with E-state index in [4.69, 9.17) is 4.74 Å². The minimum atomic E-state index is 0.588. The molecule has 0 aliphatic heterocycles. The van der Waals surface area contributed by atoms with Gasteiger partial charge in [0.25, 0.3) is 0 Å². The first-order valence-electron chi connectivity index (χ1n) is 3.94. The molecule has 0 bridgehead atoms. The average molecular weight is 128 g/mol. The summed E-state index contributed by atoms with van der Waals surface area (Å²) in [5.74, 6) is 0.904. The maximum Gasteiger partial charge on any atom is 0.0577 e. The van der Waals surface area contributed by atoms with Crippen LogP contribution < -0.4 is 0 Å². The van der Waals surface area contributed by atoms with Crippen molar-refractivity contribution in [3.63, 3.8) is 0 Å². The van der Waals surface area contributed by atoms with Gasteiger partial charge in [-0.1, -0.05) is 6.92 Å². The Morgan fingerprint density at radius 1 is 1.44 bits per heavy atom. The third-order valence-corrected chi connectivity index (χ3v) is 2.05. The van der Waals surface area contributed by atoms with E-state index in [9.17, 15) is 0 Å². The van der Waals surface area contributed by atoms with Gasteiger partial charge in [-0.3, -0.25) is 0 Å². The second kappa shape index (κ2) is 3.21. The van der Waals surface area contributed by atoms with Gasteiger partial charge in [0.2, 0.25) is 0 Å². The SMILES string of the molecule is CCO[C@@H]1CC[C@@H](C)C1. The minimum Gasteiger partial charge on any atom is -0.378 e. The molecule has 0 aromatic carbocycles. The lowest BCUT2D eigenvalue weighted by atomic mass is 10.1. The van der Waals surface area contributed by atoms with Crippen molar-refractivity contribution in [1.82, 2.24) is 0 Å². The molecule has 1 fully saturated rings. The van der Waals surface area contributed by atoms with Crippen molar-refractivity contribution in [1.29, 1.82) is 0 Å². The molecule has 0 unspecified atom stereocenters. The van der Waals surface area contributed by atoms with Crippen LogP contribution in [-0.2, 0) is 4.74 Å². The van der Waals surface area contributed by atoms with Gasteiger partial charge in [0, 0.05) is 6.61 Å². The van der Waals surface area contributed by atoms with Crippen LogP contribution in [0.5, 0.6) is 0 Å². The molecule has 1 heteroatoms. The number of ether oxygens (including phenoxy) is 1. The Hall–Kier alpha value is -0.0400. The van der Waals surface area contributed by atoms with Gasteiger partial charge in [0.1, 0.15) is 0 Å². The highest BCUT2D eigenvalue weighted by Crippen LogP contribution is 2.26. The summed E-state index contributed by atoms with van der Waals surface area (Å²) in [5.41, 5.74) is 0.